The summed E-state index contributed by atoms with van der Waals surface area (Å²) in [4.78, 5) is 36.6. The van der Waals surface area contributed by atoms with E-state index in [1.165, 1.54) is 6.92 Å². The Morgan fingerprint density at radius 3 is 2.10 bits per heavy atom. The minimum atomic E-state index is -1.07. The summed E-state index contributed by atoms with van der Waals surface area (Å²) in [5, 5.41) is 17.4. The van der Waals surface area contributed by atoms with Crippen LogP contribution in [-0.2, 0) is 20.8 Å². The number of nitrogens with two attached hydrogens (primary N) is 1. The highest BCUT2D eigenvalue weighted by Crippen LogP contribution is 2.08. The number of carboxylic acid groups (broad SMARTS) is 1. The zero-order chi connectivity index (χ0) is 21.9. The smallest absolute Gasteiger partial charge is 0.320 e. The Balaban J connectivity index is 2.04. The van der Waals surface area contributed by atoms with Crippen molar-refractivity contribution in [3.8, 4) is 0 Å². The van der Waals surface area contributed by atoms with Gasteiger partial charge in [-0.15, -0.1) is 0 Å². The van der Waals surface area contributed by atoms with E-state index in [1.54, 1.807) is 24.3 Å². The van der Waals surface area contributed by atoms with E-state index in [0.717, 1.165) is 5.56 Å². The molecule has 0 radical (unpaired) electrons. The number of nitrogens with one attached hydrogen (secondary N) is 3. The van der Waals surface area contributed by atoms with E-state index in [1.807, 2.05) is 36.4 Å². The summed E-state index contributed by atoms with van der Waals surface area (Å²) in [6.45, 7) is 1.37. The van der Waals surface area contributed by atoms with Gasteiger partial charge >= 0.3 is 5.97 Å². The number of para-hydroxylation sites is 1. The average molecular weight is 412 g/mol. The van der Waals surface area contributed by atoms with Gasteiger partial charge in [-0.3, -0.25) is 19.7 Å². The second-order valence-corrected chi connectivity index (χ2v) is 6.96. The minimum absolute atomic E-state index is 0.0930. The van der Waals surface area contributed by atoms with E-state index in [9.17, 15) is 19.5 Å². The molecule has 0 unspecified atom stereocenters. The highest BCUT2D eigenvalue weighted by Gasteiger charge is 2.27. The third-order valence-electron chi connectivity index (χ3n) is 4.61. The third kappa shape index (κ3) is 7.31. The summed E-state index contributed by atoms with van der Waals surface area (Å²) in [5.74, 6) is -1.98. The molecule has 2 rings (SSSR count). The van der Waals surface area contributed by atoms with E-state index in [0.29, 0.717) is 18.5 Å². The number of carbonyl (C=O) groups excluding carboxylic acids is 2. The zero-order valence-corrected chi connectivity index (χ0v) is 16.9. The fourth-order valence-corrected chi connectivity index (χ4v) is 2.87. The number of amides is 2. The van der Waals surface area contributed by atoms with Crippen LogP contribution in [0.5, 0.6) is 0 Å². The molecule has 0 aliphatic rings. The molecular weight excluding hydrogens is 384 g/mol. The normalized spacial score (nSPS) is 13.7. The standard InChI is InChI=1S/C22H28N4O4/c1-15(22(29)30)24-18(13-12-16-8-4-2-5-9-16)20(27)26-19(14-23)21(28)25-17-10-6-3-7-11-17/h2-11,15,18-19,24H,12-14,23H2,1H3,(H,25,28)(H,26,27)(H,29,30)/t15-,18+,19+/m1/s1. The monoisotopic (exact) mass is 412 g/mol. The lowest BCUT2D eigenvalue weighted by atomic mass is 10.0. The van der Waals surface area contributed by atoms with Crippen LogP contribution in [0, 0.1) is 0 Å². The van der Waals surface area contributed by atoms with Crippen molar-refractivity contribution in [3.63, 3.8) is 0 Å². The van der Waals surface area contributed by atoms with Crippen molar-refractivity contribution in [2.45, 2.75) is 37.9 Å². The third-order valence-corrected chi connectivity index (χ3v) is 4.61. The molecule has 160 valence electrons. The maximum Gasteiger partial charge on any atom is 0.320 e. The number of rotatable bonds is 11. The average Bonchev–Trinajstić information content (AvgIpc) is 2.75. The lowest BCUT2D eigenvalue weighted by Crippen LogP contribution is -2.56. The Morgan fingerprint density at radius 2 is 1.53 bits per heavy atom. The van der Waals surface area contributed by atoms with Gasteiger partial charge in [0, 0.05) is 12.2 Å². The van der Waals surface area contributed by atoms with E-state index in [2.05, 4.69) is 16.0 Å². The Labute approximate surface area is 175 Å². The molecule has 0 bridgehead atoms. The molecule has 0 fully saturated rings. The fourth-order valence-electron chi connectivity index (χ4n) is 2.87. The van der Waals surface area contributed by atoms with Gasteiger partial charge in [-0.05, 0) is 37.5 Å². The summed E-state index contributed by atoms with van der Waals surface area (Å²) in [6.07, 6.45) is 0.937. The van der Waals surface area contributed by atoms with Crippen molar-refractivity contribution in [1.29, 1.82) is 0 Å². The molecule has 2 amide bonds. The second kappa shape index (κ2) is 11.7. The number of hydrogen-bond acceptors (Lipinski definition) is 5. The van der Waals surface area contributed by atoms with Crippen molar-refractivity contribution in [3.05, 3.63) is 66.2 Å². The fraction of sp³-hybridized carbons (Fsp3) is 0.318. The van der Waals surface area contributed by atoms with Crippen molar-refractivity contribution in [1.82, 2.24) is 10.6 Å². The van der Waals surface area contributed by atoms with Crippen LogP contribution in [0.2, 0.25) is 0 Å². The number of aliphatic carboxylic acids is 1. The topological polar surface area (TPSA) is 134 Å². The molecule has 0 heterocycles. The molecule has 2 aromatic rings. The van der Waals surface area contributed by atoms with Crippen molar-refractivity contribution in [2.75, 3.05) is 11.9 Å². The first-order valence-corrected chi connectivity index (χ1v) is 9.80. The van der Waals surface area contributed by atoms with Crippen LogP contribution in [-0.4, -0.2) is 47.6 Å². The molecule has 0 aliphatic heterocycles. The predicted molar refractivity (Wildman–Crippen MR) is 115 cm³/mol. The molecule has 0 saturated heterocycles. The van der Waals surface area contributed by atoms with Gasteiger partial charge < -0.3 is 21.5 Å². The largest absolute Gasteiger partial charge is 0.480 e. The molecule has 30 heavy (non-hydrogen) atoms. The lowest BCUT2D eigenvalue weighted by molar-refractivity contribution is -0.139. The SMILES string of the molecule is C[C@@H](N[C@@H](CCc1ccccc1)C(=O)N[C@@H](CN)C(=O)Nc1ccccc1)C(=O)O. The van der Waals surface area contributed by atoms with Gasteiger partial charge in [0.15, 0.2) is 0 Å². The van der Waals surface area contributed by atoms with Crippen LogP contribution in [0.3, 0.4) is 0 Å². The van der Waals surface area contributed by atoms with Gasteiger partial charge in [0.1, 0.15) is 12.1 Å². The number of aryl methyl sites for hydroxylation is 1. The van der Waals surface area contributed by atoms with Crippen LogP contribution in [0.15, 0.2) is 60.7 Å². The first-order valence-electron chi connectivity index (χ1n) is 9.80. The van der Waals surface area contributed by atoms with Gasteiger partial charge in [-0.25, -0.2) is 0 Å². The summed E-state index contributed by atoms with van der Waals surface area (Å²) < 4.78 is 0. The molecule has 2 aromatic carbocycles. The number of carboxylic acids is 1. The maximum absolute atomic E-state index is 12.8. The number of hydrogen-bond donors (Lipinski definition) is 5. The van der Waals surface area contributed by atoms with Crippen LogP contribution >= 0.6 is 0 Å². The summed E-state index contributed by atoms with van der Waals surface area (Å²) in [7, 11) is 0. The Hall–Kier alpha value is -3.23. The van der Waals surface area contributed by atoms with Crippen molar-refractivity contribution >= 4 is 23.5 Å². The summed E-state index contributed by atoms with van der Waals surface area (Å²) >= 11 is 0. The molecule has 8 nitrogen and oxygen atoms in total. The van der Waals surface area contributed by atoms with E-state index >= 15 is 0 Å². The second-order valence-electron chi connectivity index (χ2n) is 6.96. The van der Waals surface area contributed by atoms with Gasteiger partial charge in [0.25, 0.3) is 0 Å². The van der Waals surface area contributed by atoms with E-state index in [-0.39, 0.29) is 6.54 Å². The summed E-state index contributed by atoms with van der Waals surface area (Å²) in [5.41, 5.74) is 7.32. The Kier molecular flexibility index (Phi) is 8.99. The first kappa shape index (κ1) is 23.1. The van der Waals surface area contributed by atoms with Crippen LogP contribution in [0.25, 0.3) is 0 Å². The molecule has 3 atom stereocenters. The zero-order valence-electron chi connectivity index (χ0n) is 16.9. The maximum atomic E-state index is 12.8. The molecule has 0 saturated carbocycles. The number of benzene rings is 2. The molecule has 0 spiro atoms. The van der Waals surface area contributed by atoms with Gasteiger partial charge in [0.05, 0.1) is 6.04 Å². The Morgan fingerprint density at radius 1 is 0.933 bits per heavy atom. The highest BCUT2D eigenvalue weighted by molar-refractivity contribution is 5.98. The minimum Gasteiger partial charge on any atom is -0.480 e. The lowest BCUT2D eigenvalue weighted by Gasteiger charge is -2.24. The van der Waals surface area contributed by atoms with Crippen molar-refractivity contribution in [2.24, 2.45) is 5.73 Å². The van der Waals surface area contributed by atoms with Crippen LogP contribution in [0.4, 0.5) is 5.69 Å². The molecular formula is C22H28N4O4. The molecule has 0 aliphatic carbocycles. The number of carbonyl (C=O) groups is 3. The first-order chi connectivity index (χ1) is 14.4. The van der Waals surface area contributed by atoms with Gasteiger partial charge in [-0.2, -0.15) is 0 Å². The van der Waals surface area contributed by atoms with Gasteiger partial charge in [0.2, 0.25) is 11.8 Å². The van der Waals surface area contributed by atoms with E-state index in [4.69, 9.17) is 5.73 Å². The Bertz CT molecular complexity index is 830. The van der Waals surface area contributed by atoms with Crippen LogP contribution < -0.4 is 21.7 Å². The number of anilines is 1. The molecule has 0 aromatic heterocycles. The van der Waals surface area contributed by atoms with Gasteiger partial charge in [-0.1, -0.05) is 48.5 Å². The van der Waals surface area contributed by atoms with E-state index < -0.39 is 35.9 Å². The molecule has 6 N–H and O–H groups in total. The quantitative estimate of drug-likeness (QED) is 0.376. The molecule has 8 heteroatoms. The van der Waals surface area contributed by atoms with Crippen molar-refractivity contribution < 1.29 is 19.5 Å². The summed E-state index contributed by atoms with van der Waals surface area (Å²) in [6, 6.07) is 15.7. The highest BCUT2D eigenvalue weighted by atomic mass is 16.4. The van der Waals surface area contributed by atoms with Crippen LogP contribution in [0.1, 0.15) is 18.9 Å². The predicted octanol–water partition coefficient (Wildman–Crippen LogP) is 1.13.